The van der Waals surface area contributed by atoms with Crippen molar-refractivity contribution in [2.45, 2.75) is 0 Å². The molecule has 0 aromatic heterocycles. The number of nitrogens with zero attached hydrogens (tertiary/aromatic N) is 2. The maximum atomic E-state index is 5.41. The molecule has 1 saturated heterocycles. The van der Waals surface area contributed by atoms with E-state index in [9.17, 15) is 0 Å². The Hall–Kier alpha value is -1.95. The number of benzene rings is 1. The van der Waals surface area contributed by atoms with Crippen LogP contribution in [0.2, 0.25) is 0 Å². The zero-order valence-electron chi connectivity index (χ0n) is 12.1. The lowest BCUT2D eigenvalue weighted by Gasteiger charge is -2.23. The Bertz CT molecular complexity index is 470. The molecule has 1 aromatic rings. The van der Waals surface area contributed by atoms with Gasteiger partial charge in [-0.2, -0.15) is 5.10 Å². The zero-order valence-corrected chi connectivity index (χ0v) is 12.1. The molecule has 20 heavy (non-hydrogen) atoms. The fourth-order valence-electron chi connectivity index (χ4n) is 2.04. The lowest BCUT2D eigenvalue weighted by Crippen LogP contribution is -2.32. The van der Waals surface area contributed by atoms with Crippen LogP contribution in [0.4, 0.5) is 0 Å². The highest BCUT2D eigenvalue weighted by Gasteiger charge is 2.15. The molecule has 1 heterocycles. The van der Waals surface area contributed by atoms with Gasteiger partial charge in [-0.15, -0.1) is 0 Å². The normalized spacial score (nSPS) is 15.4. The third-order valence-corrected chi connectivity index (χ3v) is 3.08. The number of hydrazone groups is 1. The number of hydrogen-bond acceptors (Lipinski definition) is 6. The van der Waals surface area contributed by atoms with Crippen LogP contribution >= 0.6 is 0 Å². The van der Waals surface area contributed by atoms with Gasteiger partial charge in [0, 0.05) is 5.56 Å². The summed E-state index contributed by atoms with van der Waals surface area (Å²) in [6.07, 6.45) is 1.77. The molecule has 1 fully saturated rings. The Balaban J connectivity index is 2.24. The van der Waals surface area contributed by atoms with Crippen molar-refractivity contribution in [3.05, 3.63) is 17.7 Å². The highest BCUT2D eigenvalue weighted by Crippen LogP contribution is 2.38. The largest absolute Gasteiger partial charge is 0.493 e. The van der Waals surface area contributed by atoms with E-state index in [0.717, 1.165) is 18.7 Å². The van der Waals surface area contributed by atoms with Gasteiger partial charge in [-0.05, 0) is 12.1 Å². The van der Waals surface area contributed by atoms with Crippen LogP contribution in [0.25, 0.3) is 0 Å². The summed E-state index contributed by atoms with van der Waals surface area (Å²) < 4.78 is 21.3. The number of hydrogen-bond donors (Lipinski definition) is 0. The molecule has 1 aliphatic rings. The second-order valence-electron chi connectivity index (χ2n) is 4.23. The SMILES string of the molecule is COc1ccc(C=NN2CCOCC2)c(OC)c1OC. The van der Waals surface area contributed by atoms with Crippen LogP contribution in [0.1, 0.15) is 5.56 Å². The topological polar surface area (TPSA) is 52.5 Å². The van der Waals surface area contributed by atoms with Crippen molar-refractivity contribution >= 4 is 6.21 Å². The minimum absolute atomic E-state index is 0.570. The Morgan fingerprint density at radius 1 is 1.05 bits per heavy atom. The van der Waals surface area contributed by atoms with Crippen molar-refractivity contribution in [3.63, 3.8) is 0 Å². The summed E-state index contributed by atoms with van der Waals surface area (Å²) >= 11 is 0. The first-order chi connectivity index (χ1) is 9.80. The number of rotatable bonds is 5. The smallest absolute Gasteiger partial charge is 0.203 e. The Labute approximate surface area is 118 Å². The maximum absolute atomic E-state index is 5.41. The number of ether oxygens (including phenoxy) is 4. The number of methoxy groups -OCH3 is 3. The molecule has 0 saturated carbocycles. The van der Waals surface area contributed by atoms with Gasteiger partial charge < -0.3 is 18.9 Å². The van der Waals surface area contributed by atoms with Crippen molar-refractivity contribution in [2.75, 3.05) is 47.6 Å². The van der Waals surface area contributed by atoms with Crippen LogP contribution in [-0.4, -0.2) is 58.9 Å². The molecule has 0 unspecified atom stereocenters. The third-order valence-electron chi connectivity index (χ3n) is 3.08. The van der Waals surface area contributed by atoms with E-state index < -0.39 is 0 Å². The molecule has 0 bridgehead atoms. The molecule has 0 spiro atoms. The average molecular weight is 280 g/mol. The lowest BCUT2D eigenvalue weighted by molar-refractivity contribution is 0.0397. The summed E-state index contributed by atoms with van der Waals surface area (Å²) in [5, 5.41) is 6.42. The summed E-state index contributed by atoms with van der Waals surface area (Å²) in [7, 11) is 4.78. The van der Waals surface area contributed by atoms with Crippen LogP contribution in [-0.2, 0) is 4.74 Å². The summed E-state index contributed by atoms with van der Waals surface area (Å²) in [6.45, 7) is 3.01. The second kappa shape index (κ2) is 7.00. The van der Waals surface area contributed by atoms with Gasteiger partial charge in [0.15, 0.2) is 11.5 Å². The van der Waals surface area contributed by atoms with Crippen LogP contribution in [0.15, 0.2) is 17.2 Å². The van der Waals surface area contributed by atoms with Crippen molar-refractivity contribution in [1.29, 1.82) is 0 Å². The summed E-state index contributed by atoms with van der Waals surface area (Å²) in [5.41, 5.74) is 0.844. The minimum atomic E-state index is 0.570. The van der Waals surface area contributed by atoms with E-state index in [2.05, 4.69) is 5.10 Å². The number of morpholine rings is 1. The summed E-state index contributed by atoms with van der Waals surface area (Å²) in [5.74, 6) is 1.82. The summed E-state index contributed by atoms with van der Waals surface area (Å²) in [6, 6.07) is 3.73. The van der Waals surface area contributed by atoms with E-state index in [1.54, 1.807) is 27.5 Å². The van der Waals surface area contributed by atoms with Gasteiger partial charge in [-0.1, -0.05) is 0 Å². The Kier molecular flexibility index (Phi) is 5.06. The van der Waals surface area contributed by atoms with Crippen molar-refractivity contribution in [3.8, 4) is 17.2 Å². The van der Waals surface area contributed by atoms with E-state index in [1.807, 2.05) is 17.1 Å². The quantitative estimate of drug-likeness (QED) is 0.763. The van der Waals surface area contributed by atoms with Gasteiger partial charge in [-0.25, -0.2) is 0 Å². The molecule has 110 valence electrons. The second-order valence-corrected chi connectivity index (χ2v) is 4.23. The van der Waals surface area contributed by atoms with Gasteiger partial charge in [-0.3, -0.25) is 5.01 Å². The highest BCUT2D eigenvalue weighted by atomic mass is 16.5. The van der Waals surface area contributed by atoms with Crippen molar-refractivity contribution in [1.82, 2.24) is 5.01 Å². The first kappa shape index (κ1) is 14.5. The van der Waals surface area contributed by atoms with Crippen LogP contribution in [0.3, 0.4) is 0 Å². The first-order valence-corrected chi connectivity index (χ1v) is 6.45. The lowest BCUT2D eigenvalue weighted by atomic mass is 10.2. The molecule has 1 aromatic carbocycles. The molecule has 0 radical (unpaired) electrons. The van der Waals surface area contributed by atoms with E-state index in [4.69, 9.17) is 18.9 Å². The molecule has 1 aliphatic heterocycles. The monoisotopic (exact) mass is 280 g/mol. The predicted octanol–water partition coefficient (Wildman–Crippen LogP) is 1.38. The molecular weight excluding hydrogens is 260 g/mol. The standard InChI is InChI=1S/C14H20N2O4/c1-17-12-5-4-11(13(18-2)14(12)19-3)10-15-16-6-8-20-9-7-16/h4-5,10H,6-9H2,1-3H3. The fourth-order valence-corrected chi connectivity index (χ4v) is 2.04. The van der Waals surface area contributed by atoms with Gasteiger partial charge in [0.1, 0.15) is 0 Å². The minimum Gasteiger partial charge on any atom is -0.493 e. The molecule has 0 N–H and O–H groups in total. The van der Waals surface area contributed by atoms with Crippen LogP contribution in [0, 0.1) is 0 Å². The van der Waals surface area contributed by atoms with Gasteiger partial charge in [0.25, 0.3) is 0 Å². The molecule has 2 rings (SSSR count). The Morgan fingerprint density at radius 3 is 2.35 bits per heavy atom. The van der Waals surface area contributed by atoms with E-state index in [1.165, 1.54) is 0 Å². The average Bonchev–Trinajstić information content (AvgIpc) is 2.52. The Morgan fingerprint density at radius 2 is 1.75 bits per heavy atom. The van der Waals surface area contributed by atoms with Gasteiger partial charge in [0.2, 0.25) is 5.75 Å². The predicted molar refractivity (Wildman–Crippen MR) is 76.1 cm³/mol. The first-order valence-electron chi connectivity index (χ1n) is 6.45. The van der Waals surface area contributed by atoms with Crippen LogP contribution in [0.5, 0.6) is 17.2 Å². The summed E-state index contributed by atoms with van der Waals surface area (Å²) in [4.78, 5) is 0. The maximum Gasteiger partial charge on any atom is 0.203 e. The molecule has 6 nitrogen and oxygen atoms in total. The van der Waals surface area contributed by atoms with E-state index >= 15 is 0 Å². The highest BCUT2D eigenvalue weighted by molar-refractivity contribution is 5.86. The molecule has 0 amide bonds. The fraction of sp³-hybridized carbons (Fsp3) is 0.500. The van der Waals surface area contributed by atoms with E-state index in [0.29, 0.717) is 30.5 Å². The zero-order chi connectivity index (χ0) is 14.4. The van der Waals surface area contributed by atoms with Crippen molar-refractivity contribution < 1.29 is 18.9 Å². The third kappa shape index (κ3) is 3.14. The van der Waals surface area contributed by atoms with Crippen LogP contribution < -0.4 is 14.2 Å². The molecule has 0 aliphatic carbocycles. The van der Waals surface area contributed by atoms with Gasteiger partial charge in [0.05, 0.1) is 53.8 Å². The van der Waals surface area contributed by atoms with E-state index in [-0.39, 0.29) is 0 Å². The van der Waals surface area contributed by atoms with Crippen molar-refractivity contribution in [2.24, 2.45) is 5.10 Å². The molecule has 6 heteroatoms. The molecule has 0 atom stereocenters. The molecular formula is C14H20N2O4. The van der Waals surface area contributed by atoms with Gasteiger partial charge >= 0.3 is 0 Å².